The summed E-state index contributed by atoms with van der Waals surface area (Å²) in [6, 6.07) is 6.60. The Bertz CT molecular complexity index is 1950. The molecule has 0 saturated carbocycles. The Balaban J connectivity index is 1.77. The van der Waals surface area contributed by atoms with Crippen LogP contribution in [0.4, 0.5) is 19.4 Å². The summed E-state index contributed by atoms with van der Waals surface area (Å²) in [4.78, 5) is 44.0. The quantitative estimate of drug-likeness (QED) is 0.248. The molecule has 5 rings (SSSR count). The summed E-state index contributed by atoms with van der Waals surface area (Å²) in [5.74, 6) is -1.62. The van der Waals surface area contributed by atoms with Crippen LogP contribution in [0.15, 0.2) is 47.9 Å². The van der Waals surface area contributed by atoms with E-state index in [1.807, 2.05) is 32.6 Å². The first-order chi connectivity index (χ1) is 22.1. The molecule has 1 aromatic carbocycles. The highest BCUT2D eigenvalue weighted by Crippen LogP contribution is 2.35. The normalized spacial score (nSPS) is 16.1. The largest absolute Gasteiger partial charge is 0.444 e. The van der Waals surface area contributed by atoms with E-state index in [1.54, 1.807) is 37.9 Å². The third-order valence-corrected chi connectivity index (χ3v) is 7.72. The van der Waals surface area contributed by atoms with E-state index in [2.05, 4.69) is 15.0 Å². The Hall–Kier alpha value is -4.67. The van der Waals surface area contributed by atoms with Gasteiger partial charge in [-0.1, -0.05) is 38.6 Å². The summed E-state index contributed by atoms with van der Waals surface area (Å²) in [5.41, 5.74) is -0.123. The molecular weight excluding hydrogens is 578 g/mol. The van der Waals surface area contributed by atoms with Crippen molar-refractivity contribution in [3.8, 4) is 16.9 Å². The van der Waals surface area contributed by atoms with E-state index in [0.29, 0.717) is 16.9 Å². The molecule has 3 aromatic heterocycles. The maximum atomic E-state index is 16.2. The van der Waals surface area contributed by atoms with Gasteiger partial charge in [-0.15, -0.1) is 0 Å². The second-order valence-corrected chi connectivity index (χ2v) is 12.6. The molecular formula is C34H38F2N6O3. The summed E-state index contributed by atoms with van der Waals surface area (Å²) < 4.78 is 53.8. The van der Waals surface area contributed by atoms with E-state index in [9.17, 15) is 9.59 Å². The van der Waals surface area contributed by atoms with E-state index < -0.39 is 35.5 Å². The molecule has 1 aliphatic heterocycles. The van der Waals surface area contributed by atoms with E-state index in [4.69, 9.17) is 7.48 Å². The van der Waals surface area contributed by atoms with Crippen molar-refractivity contribution >= 4 is 29.0 Å². The number of benzene rings is 1. The van der Waals surface area contributed by atoms with Gasteiger partial charge in [-0.05, 0) is 69.9 Å². The zero-order valence-corrected chi connectivity index (χ0v) is 26.5. The first-order valence-corrected chi connectivity index (χ1v) is 14.8. The highest BCUT2D eigenvalue weighted by molar-refractivity contribution is 5.91. The third kappa shape index (κ3) is 6.03. The molecule has 1 fully saturated rings. The lowest BCUT2D eigenvalue weighted by molar-refractivity contribution is 0.0218. The van der Waals surface area contributed by atoms with Crippen LogP contribution in [0.5, 0.6) is 0 Å². The average Bonchev–Trinajstić information content (AvgIpc) is 2.96. The van der Waals surface area contributed by atoms with Crippen molar-refractivity contribution in [1.29, 1.82) is 0 Å². The lowest BCUT2D eigenvalue weighted by atomic mass is 10.0. The van der Waals surface area contributed by atoms with Gasteiger partial charge in [0.1, 0.15) is 22.9 Å². The number of aromatic nitrogens is 4. The molecule has 1 saturated heterocycles. The van der Waals surface area contributed by atoms with Gasteiger partial charge in [0.25, 0.3) is 0 Å². The third-order valence-electron chi connectivity index (χ3n) is 7.72. The Morgan fingerprint density at radius 1 is 1.18 bits per heavy atom. The number of rotatable bonds is 5. The number of ether oxygens (including phenoxy) is 1. The van der Waals surface area contributed by atoms with Crippen molar-refractivity contribution in [2.75, 3.05) is 24.5 Å². The van der Waals surface area contributed by atoms with Crippen LogP contribution in [-0.4, -0.2) is 61.8 Å². The Morgan fingerprint density at radius 3 is 2.60 bits per heavy atom. The smallest absolute Gasteiger partial charge is 0.410 e. The molecule has 4 aromatic rings. The number of carbonyl (C=O) groups excluding carboxylic acids is 1. The SMILES string of the molecule is [2H]C([2H])=Cc1cccc(F)c1-c1nc2c(cc1F)c(N1CCN(C(=O)OC(C)(C)C)C[C@@H]1C)nc(=O)n2-c1c(C)ccnc1C(C)C. The van der Waals surface area contributed by atoms with Crippen molar-refractivity contribution < 1.29 is 21.1 Å². The van der Waals surface area contributed by atoms with Crippen LogP contribution >= 0.6 is 0 Å². The van der Waals surface area contributed by atoms with Crippen molar-refractivity contribution in [2.24, 2.45) is 0 Å². The van der Waals surface area contributed by atoms with E-state index in [1.165, 1.54) is 22.8 Å². The maximum Gasteiger partial charge on any atom is 0.410 e. The molecule has 0 bridgehead atoms. The minimum atomic E-state index is -0.881. The highest BCUT2D eigenvalue weighted by atomic mass is 19.1. The number of hydrogen-bond acceptors (Lipinski definition) is 7. The number of anilines is 1. The molecule has 45 heavy (non-hydrogen) atoms. The standard InChI is InChI=1S/C34H38F2N6O3/c1-9-22-11-10-12-24(35)26(22)28-25(36)17-23-30(41-16-15-40(18-21(41)5)33(44)45-34(6,7)8)39-32(43)42(31(23)38-28)29-20(4)13-14-37-27(29)19(2)3/h9-14,17,19,21H,1,15-16,18H2,2-8H3/t21-/m0/s1/i1D2. The van der Waals surface area contributed by atoms with E-state index in [0.717, 1.165) is 12.1 Å². The predicted octanol–water partition coefficient (Wildman–Crippen LogP) is 6.64. The fraction of sp³-hybridized carbons (Fsp3) is 0.382. The minimum absolute atomic E-state index is 0.0336. The van der Waals surface area contributed by atoms with E-state index >= 15 is 8.78 Å². The van der Waals surface area contributed by atoms with Crippen molar-refractivity contribution in [3.63, 3.8) is 0 Å². The fourth-order valence-corrected chi connectivity index (χ4v) is 5.66. The molecule has 0 aliphatic carbocycles. The number of nitrogens with zero attached hydrogens (tertiary/aromatic N) is 6. The van der Waals surface area contributed by atoms with Gasteiger partial charge in [0.15, 0.2) is 11.5 Å². The lowest BCUT2D eigenvalue weighted by Crippen LogP contribution is -2.55. The van der Waals surface area contributed by atoms with Gasteiger partial charge in [-0.2, -0.15) is 4.98 Å². The lowest BCUT2D eigenvalue weighted by Gasteiger charge is -2.41. The number of fused-ring (bicyclic) bond motifs is 1. The van der Waals surface area contributed by atoms with Crippen LogP contribution in [0.3, 0.4) is 0 Å². The van der Waals surface area contributed by atoms with Gasteiger partial charge < -0.3 is 14.5 Å². The van der Waals surface area contributed by atoms with E-state index in [-0.39, 0.29) is 65.3 Å². The molecule has 0 radical (unpaired) electrons. The van der Waals surface area contributed by atoms with Gasteiger partial charge in [0.05, 0.1) is 19.5 Å². The highest BCUT2D eigenvalue weighted by Gasteiger charge is 2.33. The number of piperazine rings is 1. The Morgan fingerprint density at radius 2 is 1.93 bits per heavy atom. The summed E-state index contributed by atoms with van der Waals surface area (Å²) in [6.45, 7) is 13.1. The number of aryl methyl sites for hydroxylation is 1. The zero-order valence-electron chi connectivity index (χ0n) is 28.5. The van der Waals surface area contributed by atoms with Crippen molar-refractivity contribution in [3.05, 3.63) is 82.0 Å². The average molecular weight is 619 g/mol. The Labute approximate surface area is 264 Å². The first kappa shape index (κ1) is 29.1. The van der Waals surface area contributed by atoms with Crippen LogP contribution in [0, 0.1) is 18.6 Å². The van der Waals surface area contributed by atoms with Crippen LogP contribution in [0.1, 0.15) is 67.0 Å². The molecule has 9 nitrogen and oxygen atoms in total. The van der Waals surface area contributed by atoms with Gasteiger partial charge in [-0.25, -0.2) is 27.9 Å². The maximum absolute atomic E-state index is 16.2. The first-order valence-electron chi connectivity index (χ1n) is 15.8. The van der Waals surface area contributed by atoms with Crippen LogP contribution in [-0.2, 0) is 4.74 Å². The van der Waals surface area contributed by atoms with Crippen molar-refractivity contribution in [2.45, 2.75) is 66.0 Å². The number of amides is 1. The number of hydrogen-bond donors (Lipinski definition) is 0. The molecule has 1 aliphatic rings. The minimum Gasteiger partial charge on any atom is -0.444 e. The second-order valence-electron chi connectivity index (χ2n) is 12.6. The molecule has 1 amide bonds. The van der Waals surface area contributed by atoms with Crippen LogP contribution in [0.2, 0.25) is 0 Å². The molecule has 11 heteroatoms. The zero-order chi connectivity index (χ0) is 34.4. The number of halogens is 2. The van der Waals surface area contributed by atoms with Gasteiger partial charge in [0, 0.05) is 37.4 Å². The van der Waals surface area contributed by atoms with Crippen molar-refractivity contribution in [1.82, 2.24) is 24.4 Å². The topological polar surface area (TPSA) is 93.5 Å². The molecule has 0 spiro atoms. The summed E-state index contributed by atoms with van der Waals surface area (Å²) in [6.07, 6.45) is 2.29. The molecule has 0 N–H and O–H groups in total. The number of pyridine rings is 2. The molecule has 0 unspecified atom stereocenters. The number of carbonyl (C=O) groups is 1. The van der Waals surface area contributed by atoms with Crippen LogP contribution < -0.4 is 10.6 Å². The molecule has 1 atom stereocenters. The monoisotopic (exact) mass is 618 g/mol. The van der Waals surface area contributed by atoms with Gasteiger partial charge in [0.2, 0.25) is 0 Å². The molecule has 236 valence electrons. The van der Waals surface area contributed by atoms with Gasteiger partial charge >= 0.3 is 11.8 Å². The summed E-state index contributed by atoms with van der Waals surface area (Å²) >= 11 is 0. The summed E-state index contributed by atoms with van der Waals surface area (Å²) in [5, 5.41) is 0.205. The summed E-state index contributed by atoms with van der Waals surface area (Å²) in [7, 11) is 0. The Kier molecular flexibility index (Phi) is 7.76. The molecule has 4 heterocycles. The second kappa shape index (κ2) is 12.0. The van der Waals surface area contributed by atoms with Gasteiger partial charge in [-0.3, -0.25) is 4.98 Å². The fourth-order valence-electron chi connectivity index (χ4n) is 5.66. The predicted molar refractivity (Wildman–Crippen MR) is 172 cm³/mol. The van der Waals surface area contributed by atoms with Crippen LogP contribution in [0.25, 0.3) is 34.1 Å².